The fourth-order valence-electron chi connectivity index (χ4n) is 2.15. The van der Waals surface area contributed by atoms with Crippen molar-refractivity contribution in [1.29, 1.82) is 0 Å². The predicted molar refractivity (Wildman–Crippen MR) is 93.8 cm³/mol. The molecule has 202 valence electrons. The minimum atomic E-state index is -8.12. The number of amides is 1. The number of carbonyl (C=O) groups is 1. The highest BCUT2D eigenvalue weighted by molar-refractivity contribution is 5.87. The maximum atomic E-state index is 13.7. The number of hydrogen-bond acceptors (Lipinski definition) is 4. The van der Waals surface area contributed by atoms with Gasteiger partial charge in [0.25, 0.3) is 0 Å². The number of nitrogens with one attached hydrogen (secondary N) is 1. The molecule has 0 heterocycles. The summed E-state index contributed by atoms with van der Waals surface area (Å²) in [4.78, 5) is 11.3. The van der Waals surface area contributed by atoms with Gasteiger partial charge < -0.3 is 9.47 Å². The van der Waals surface area contributed by atoms with Gasteiger partial charge in [0.2, 0.25) is 0 Å². The Morgan fingerprint density at radius 1 is 0.917 bits per heavy atom. The molecule has 0 fully saturated rings. The van der Waals surface area contributed by atoms with E-state index in [9.17, 15) is 61.9 Å². The Labute approximate surface area is 192 Å². The normalized spacial score (nSPS) is 13.9. The van der Waals surface area contributed by atoms with E-state index in [1.807, 2.05) is 0 Å². The first kappa shape index (κ1) is 30.6. The van der Waals surface area contributed by atoms with Gasteiger partial charge in [-0.25, -0.2) is 5.43 Å². The SMILES string of the molecule is C#CCOc1ccc(/C=N/NC(=O)C(F)(F)C(F)(F)C(F)(F)C(F)(F)C(F)(F)C(F)(F)F)cc1OC. The van der Waals surface area contributed by atoms with Gasteiger partial charge in [-0.05, 0) is 23.8 Å². The quantitative estimate of drug-likeness (QED) is 0.195. The number of ether oxygens (including phenoxy) is 2. The Balaban J connectivity index is 3.21. The number of nitrogens with zero attached hydrogens (tertiary/aromatic N) is 1. The van der Waals surface area contributed by atoms with Crippen molar-refractivity contribution in [3.63, 3.8) is 0 Å². The van der Waals surface area contributed by atoms with Crippen molar-refractivity contribution in [2.45, 2.75) is 35.8 Å². The van der Waals surface area contributed by atoms with Gasteiger partial charge in [-0.15, -0.1) is 6.42 Å². The maximum Gasteiger partial charge on any atom is 0.460 e. The Bertz CT molecular complexity index is 1030. The van der Waals surface area contributed by atoms with Crippen LogP contribution in [0, 0.1) is 12.3 Å². The van der Waals surface area contributed by atoms with E-state index in [2.05, 4.69) is 11.0 Å². The molecular weight excluding hydrogens is 539 g/mol. The predicted octanol–water partition coefficient (Wildman–Crippen LogP) is 4.90. The molecule has 18 heteroatoms. The molecule has 36 heavy (non-hydrogen) atoms. The Kier molecular flexibility index (Phi) is 8.45. The van der Waals surface area contributed by atoms with Crippen LogP contribution in [0.3, 0.4) is 0 Å². The van der Waals surface area contributed by atoms with E-state index in [0.29, 0.717) is 11.6 Å². The van der Waals surface area contributed by atoms with Crippen LogP contribution >= 0.6 is 0 Å². The summed E-state index contributed by atoms with van der Waals surface area (Å²) in [5.41, 5.74) is 0.415. The molecular formula is C18H11F13N2O3. The molecule has 1 aromatic rings. The van der Waals surface area contributed by atoms with Crippen LogP contribution in [0.5, 0.6) is 11.5 Å². The van der Waals surface area contributed by atoms with Crippen LogP contribution < -0.4 is 14.9 Å². The minimum absolute atomic E-state index is 0.0432. The Morgan fingerprint density at radius 2 is 1.44 bits per heavy atom. The molecule has 1 N–H and O–H groups in total. The van der Waals surface area contributed by atoms with E-state index in [1.54, 1.807) is 0 Å². The van der Waals surface area contributed by atoms with Crippen molar-refractivity contribution in [1.82, 2.24) is 5.43 Å². The number of benzene rings is 1. The topological polar surface area (TPSA) is 59.9 Å². The third-order valence-corrected chi connectivity index (χ3v) is 4.10. The summed E-state index contributed by atoms with van der Waals surface area (Å²) < 4.78 is 180. The first-order chi connectivity index (χ1) is 16.1. The van der Waals surface area contributed by atoms with Gasteiger partial charge in [0.15, 0.2) is 11.5 Å². The van der Waals surface area contributed by atoms with Crippen LogP contribution in [0.2, 0.25) is 0 Å². The van der Waals surface area contributed by atoms with Crippen molar-refractivity contribution in [2.24, 2.45) is 5.10 Å². The van der Waals surface area contributed by atoms with Crippen LogP contribution in [-0.4, -0.2) is 61.6 Å². The molecule has 0 aliphatic heterocycles. The highest BCUT2D eigenvalue weighted by atomic mass is 19.4. The van der Waals surface area contributed by atoms with E-state index in [-0.39, 0.29) is 23.7 Å². The van der Waals surface area contributed by atoms with E-state index < -0.39 is 41.7 Å². The number of hydrazone groups is 1. The average molecular weight is 550 g/mol. The molecule has 5 nitrogen and oxygen atoms in total. The highest BCUT2D eigenvalue weighted by Gasteiger charge is 2.91. The standard InChI is InChI=1S/C18H11F13N2O3/c1-3-6-36-10-5-4-9(7-11(10)35-2)8-32-33-12(34)13(19,20)14(21,22)15(23,24)16(25,26)17(27,28)18(29,30)31/h1,4-5,7-8H,6H2,2H3,(H,33,34)/b32-8+. The lowest BCUT2D eigenvalue weighted by Gasteiger charge is -2.38. The number of terminal acetylenes is 1. The third-order valence-electron chi connectivity index (χ3n) is 4.10. The zero-order valence-electron chi connectivity index (χ0n) is 17.2. The van der Waals surface area contributed by atoms with Crippen molar-refractivity contribution >= 4 is 12.1 Å². The third kappa shape index (κ3) is 5.09. The van der Waals surface area contributed by atoms with Crippen LogP contribution in [0.15, 0.2) is 23.3 Å². The number of halogens is 13. The van der Waals surface area contributed by atoms with Crippen molar-refractivity contribution in [3.05, 3.63) is 23.8 Å². The molecule has 0 saturated heterocycles. The Morgan fingerprint density at radius 3 is 1.92 bits per heavy atom. The van der Waals surface area contributed by atoms with Gasteiger partial charge in [-0.3, -0.25) is 4.79 Å². The maximum absolute atomic E-state index is 13.7. The molecule has 0 aliphatic rings. The monoisotopic (exact) mass is 550 g/mol. The largest absolute Gasteiger partial charge is 0.493 e. The van der Waals surface area contributed by atoms with Gasteiger partial charge in [-0.2, -0.15) is 62.2 Å². The number of hydrogen-bond donors (Lipinski definition) is 1. The summed E-state index contributed by atoms with van der Waals surface area (Å²) in [5.74, 6) is -40.3. The molecule has 1 amide bonds. The fraction of sp³-hybridized carbons (Fsp3) is 0.444. The van der Waals surface area contributed by atoms with Crippen molar-refractivity contribution < 1.29 is 71.3 Å². The van der Waals surface area contributed by atoms with E-state index >= 15 is 0 Å². The summed E-state index contributed by atoms with van der Waals surface area (Å²) in [6.07, 6.45) is -2.15. The van der Waals surface area contributed by atoms with Crippen LogP contribution in [0.25, 0.3) is 0 Å². The molecule has 0 saturated carbocycles. The van der Waals surface area contributed by atoms with Gasteiger partial charge in [-0.1, -0.05) is 5.92 Å². The summed E-state index contributed by atoms with van der Waals surface area (Å²) >= 11 is 0. The molecule has 0 radical (unpaired) electrons. The summed E-state index contributed by atoms with van der Waals surface area (Å²) in [5, 5.41) is 2.69. The molecule has 0 atom stereocenters. The van der Waals surface area contributed by atoms with Crippen LogP contribution in [-0.2, 0) is 4.79 Å². The van der Waals surface area contributed by atoms with Gasteiger partial charge in [0.1, 0.15) is 6.61 Å². The lowest BCUT2D eigenvalue weighted by Crippen LogP contribution is -2.71. The van der Waals surface area contributed by atoms with E-state index in [1.165, 1.54) is 0 Å². The van der Waals surface area contributed by atoms with E-state index in [0.717, 1.165) is 25.3 Å². The molecule has 0 spiro atoms. The average Bonchev–Trinajstić information content (AvgIpc) is 2.76. The zero-order chi connectivity index (χ0) is 28.4. The second-order valence-electron chi connectivity index (χ2n) is 6.47. The molecule has 0 unspecified atom stereocenters. The minimum Gasteiger partial charge on any atom is -0.493 e. The number of rotatable bonds is 10. The van der Waals surface area contributed by atoms with Crippen molar-refractivity contribution in [2.75, 3.05) is 13.7 Å². The second-order valence-corrected chi connectivity index (χ2v) is 6.47. The van der Waals surface area contributed by atoms with Gasteiger partial charge in [0, 0.05) is 0 Å². The number of carbonyl (C=O) groups excluding carboxylic acids is 1. The number of alkyl halides is 13. The van der Waals surface area contributed by atoms with Gasteiger partial charge in [0.05, 0.1) is 13.3 Å². The van der Waals surface area contributed by atoms with Crippen LogP contribution in [0.1, 0.15) is 5.56 Å². The fourth-order valence-corrected chi connectivity index (χ4v) is 2.15. The Hall–Kier alpha value is -3.39. The lowest BCUT2D eigenvalue weighted by molar-refractivity contribution is -0.436. The molecule has 1 rings (SSSR count). The lowest BCUT2D eigenvalue weighted by atomic mass is 9.93. The first-order valence-corrected chi connectivity index (χ1v) is 8.67. The van der Waals surface area contributed by atoms with E-state index in [4.69, 9.17) is 15.9 Å². The second kappa shape index (κ2) is 9.93. The van der Waals surface area contributed by atoms with Crippen molar-refractivity contribution in [3.8, 4) is 23.8 Å². The molecule has 1 aromatic carbocycles. The first-order valence-electron chi connectivity index (χ1n) is 8.67. The molecule has 0 aromatic heterocycles. The molecule has 0 aliphatic carbocycles. The smallest absolute Gasteiger partial charge is 0.460 e. The van der Waals surface area contributed by atoms with Crippen LogP contribution in [0.4, 0.5) is 57.1 Å². The molecule has 0 bridgehead atoms. The highest BCUT2D eigenvalue weighted by Crippen LogP contribution is 2.60. The number of methoxy groups -OCH3 is 1. The summed E-state index contributed by atoms with van der Waals surface area (Å²) in [7, 11) is 1.13. The summed E-state index contributed by atoms with van der Waals surface area (Å²) in [6, 6.07) is 3.29. The zero-order valence-corrected chi connectivity index (χ0v) is 17.2. The summed E-state index contributed by atoms with van der Waals surface area (Å²) in [6.45, 7) is -0.221. The van der Waals surface area contributed by atoms with Gasteiger partial charge >= 0.3 is 41.7 Å².